The third-order valence-electron chi connectivity index (χ3n) is 4.80. The molecule has 1 aromatic carbocycles. The highest BCUT2D eigenvalue weighted by Gasteiger charge is 2.19. The van der Waals surface area contributed by atoms with Crippen molar-refractivity contribution >= 4 is 22.7 Å². The van der Waals surface area contributed by atoms with Crippen LogP contribution in [0, 0.1) is 5.92 Å². The molecule has 126 valence electrons. The van der Waals surface area contributed by atoms with Crippen molar-refractivity contribution in [2.45, 2.75) is 44.9 Å². The zero-order chi connectivity index (χ0) is 17.1. The minimum atomic E-state index is -0.685. The summed E-state index contributed by atoms with van der Waals surface area (Å²) in [6.07, 6.45) is 7.25. The summed E-state index contributed by atoms with van der Waals surface area (Å²) >= 11 is 0. The van der Waals surface area contributed by atoms with Crippen LogP contribution in [0.25, 0.3) is 11.0 Å². The Kier molecular flexibility index (Phi) is 4.79. The van der Waals surface area contributed by atoms with Gasteiger partial charge in [-0.3, -0.25) is 14.4 Å². The van der Waals surface area contributed by atoms with E-state index in [4.69, 9.17) is 10.2 Å². The maximum atomic E-state index is 12.4. The molecule has 2 aromatic rings. The molecule has 1 saturated carbocycles. The quantitative estimate of drug-likeness (QED) is 0.852. The van der Waals surface area contributed by atoms with E-state index in [0.717, 1.165) is 6.42 Å². The highest BCUT2D eigenvalue weighted by molar-refractivity contribution is 6.04. The van der Waals surface area contributed by atoms with Gasteiger partial charge in [-0.25, -0.2) is 0 Å². The number of amides is 1. The summed E-state index contributed by atoms with van der Waals surface area (Å²) < 4.78 is 5.59. The average Bonchev–Trinajstić information content (AvgIpc) is 2.60. The maximum Gasteiger partial charge on any atom is 0.252 e. The molecule has 1 amide bonds. The average molecular weight is 327 g/mol. The van der Waals surface area contributed by atoms with Crippen LogP contribution in [-0.4, -0.2) is 11.7 Å². The van der Waals surface area contributed by atoms with Crippen molar-refractivity contribution in [2.75, 3.05) is 0 Å². The van der Waals surface area contributed by atoms with E-state index in [0.29, 0.717) is 12.3 Å². The third-order valence-corrected chi connectivity index (χ3v) is 4.80. The van der Waals surface area contributed by atoms with Crippen LogP contribution < -0.4 is 11.2 Å². The molecule has 24 heavy (non-hydrogen) atoms. The van der Waals surface area contributed by atoms with Crippen LogP contribution in [-0.2, 0) is 0 Å². The molecule has 5 nitrogen and oxygen atoms in total. The van der Waals surface area contributed by atoms with Crippen LogP contribution in [0.2, 0.25) is 0 Å². The number of hydrogen-bond donors (Lipinski definition) is 1. The van der Waals surface area contributed by atoms with Gasteiger partial charge in [0.15, 0.2) is 22.6 Å². The van der Waals surface area contributed by atoms with E-state index < -0.39 is 5.91 Å². The Labute approximate surface area is 139 Å². The van der Waals surface area contributed by atoms with E-state index in [1.807, 2.05) is 0 Å². The van der Waals surface area contributed by atoms with Crippen LogP contribution in [0.1, 0.15) is 65.9 Å². The van der Waals surface area contributed by atoms with Crippen LogP contribution in [0.15, 0.2) is 33.5 Å². The zero-order valence-corrected chi connectivity index (χ0v) is 13.5. The standard InChI is InChI=1S/C19H21NO4/c20-19(23)14-8-4-7-13-16(22)11-17(24-18(13)14)15(21)10-9-12-5-2-1-3-6-12/h4,7-8,11-12H,1-3,5-6,9-10H2,(H2,20,23). The summed E-state index contributed by atoms with van der Waals surface area (Å²) in [6, 6.07) is 5.84. The molecule has 0 saturated heterocycles. The van der Waals surface area contributed by atoms with Gasteiger partial charge < -0.3 is 10.2 Å². The molecule has 0 spiro atoms. The molecule has 1 aliphatic carbocycles. The first-order chi connectivity index (χ1) is 11.6. The Bertz CT molecular complexity index is 831. The lowest BCUT2D eigenvalue weighted by Crippen LogP contribution is -2.14. The summed E-state index contributed by atoms with van der Waals surface area (Å²) in [5.41, 5.74) is 5.21. The molecule has 0 aliphatic heterocycles. The molecule has 5 heteroatoms. The van der Waals surface area contributed by atoms with Gasteiger partial charge in [0.1, 0.15) is 0 Å². The molecule has 0 bridgehead atoms. The lowest BCUT2D eigenvalue weighted by atomic mass is 9.85. The molecule has 0 atom stereocenters. The van der Waals surface area contributed by atoms with Crippen molar-refractivity contribution in [3.63, 3.8) is 0 Å². The molecular formula is C19H21NO4. The van der Waals surface area contributed by atoms with E-state index in [-0.39, 0.29) is 33.5 Å². The fourth-order valence-corrected chi connectivity index (χ4v) is 3.44. The monoisotopic (exact) mass is 327 g/mol. The Balaban J connectivity index is 1.86. The molecule has 1 aromatic heterocycles. The molecule has 3 rings (SSSR count). The second kappa shape index (κ2) is 6.99. The van der Waals surface area contributed by atoms with Crippen molar-refractivity contribution in [1.29, 1.82) is 0 Å². The second-order valence-corrected chi connectivity index (χ2v) is 6.49. The van der Waals surface area contributed by atoms with Crippen LogP contribution in [0.4, 0.5) is 0 Å². The number of carbonyl (C=O) groups is 2. The van der Waals surface area contributed by atoms with Gasteiger partial charge in [0.05, 0.1) is 10.9 Å². The Morgan fingerprint density at radius 3 is 2.62 bits per heavy atom. The third kappa shape index (κ3) is 3.40. The number of para-hydroxylation sites is 1. The van der Waals surface area contributed by atoms with Gasteiger partial charge in [0, 0.05) is 12.5 Å². The molecule has 2 N–H and O–H groups in total. The zero-order valence-electron chi connectivity index (χ0n) is 13.5. The van der Waals surface area contributed by atoms with Crippen molar-refractivity contribution in [3.05, 3.63) is 45.8 Å². The number of fused-ring (bicyclic) bond motifs is 1. The highest BCUT2D eigenvalue weighted by Crippen LogP contribution is 2.28. The molecule has 1 fully saturated rings. The first kappa shape index (κ1) is 16.4. The molecule has 1 aliphatic rings. The van der Waals surface area contributed by atoms with E-state index in [1.54, 1.807) is 12.1 Å². The molecule has 0 unspecified atom stereocenters. The minimum absolute atomic E-state index is 0.0111. The number of nitrogens with two attached hydrogens (primary N) is 1. The summed E-state index contributed by atoms with van der Waals surface area (Å²) in [4.78, 5) is 36.2. The number of ketones is 1. The van der Waals surface area contributed by atoms with Gasteiger partial charge in [-0.15, -0.1) is 0 Å². The minimum Gasteiger partial charge on any atom is -0.452 e. The lowest BCUT2D eigenvalue weighted by molar-refractivity contribution is 0.0940. The summed E-state index contributed by atoms with van der Waals surface area (Å²) in [5.74, 6) is -0.289. The van der Waals surface area contributed by atoms with Crippen molar-refractivity contribution in [2.24, 2.45) is 11.7 Å². The van der Waals surface area contributed by atoms with Gasteiger partial charge in [0.2, 0.25) is 0 Å². The van der Waals surface area contributed by atoms with E-state index in [2.05, 4.69) is 0 Å². The molecular weight excluding hydrogens is 306 g/mol. The predicted molar refractivity (Wildman–Crippen MR) is 91.1 cm³/mol. The predicted octanol–water partition coefficient (Wildman–Crippen LogP) is 3.44. The Morgan fingerprint density at radius 2 is 1.92 bits per heavy atom. The van der Waals surface area contributed by atoms with Crippen molar-refractivity contribution in [3.8, 4) is 0 Å². The molecule has 0 radical (unpaired) electrons. The van der Waals surface area contributed by atoms with E-state index >= 15 is 0 Å². The lowest BCUT2D eigenvalue weighted by Gasteiger charge is -2.20. The Morgan fingerprint density at radius 1 is 1.17 bits per heavy atom. The van der Waals surface area contributed by atoms with Crippen molar-refractivity contribution < 1.29 is 14.0 Å². The smallest absolute Gasteiger partial charge is 0.252 e. The van der Waals surface area contributed by atoms with Crippen LogP contribution >= 0.6 is 0 Å². The fourth-order valence-electron chi connectivity index (χ4n) is 3.44. The number of primary amides is 1. The van der Waals surface area contributed by atoms with Crippen molar-refractivity contribution in [1.82, 2.24) is 0 Å². The normalized spacial score (nSPS) is 15.5. The van der Waals surface area contributed by atoms with Gasteiger partial charge in [-0.2, -0.15) is 0 Å². The van der Waals surface area contributed by atoms with E-state index in [9.17, 15) is 14.4 Å². The number of benzene rings is 1. The summed E-state index contributed by atoms with van der Waals surface area (Å²) in [5, 5.41) is 0.259. The second-order valence-electron chi connectivity index (χ2n) is 6.49. The number of hydrogen-bond acceptors (Lipinski definition) is 4. The first-order valence-electron chi connectivity index (χ1n) is 8.46. The molecule has 1 heterocycles. The number of rotatable bonds is 5. The Hall–Kier alpha value is -2.43. The van der Waals surface area contributed by atoms with Gasteiger partial charge >= 0.3 is 0 Å². The fraction of sp³-hybridized carbons (Fsp3) is 0.421. The maximum absolute atomic E-state index is 12.4. The largest absolute Gasteiger partial charge is 0.452 e. The summed E-state index contributed by atoms with van der Waals surface area (Å²) in [7, 11) is 0. The first-order valence-corrected chi connectivity index (χ1v) is 8.46. The van der Waals surface area contributed by atoms with Gasteiger partial charge in [-0.05, 0) is 24.5 Å². The summed E-state index contributed by atoms with van der Waals surface area (Å²) in [6.45, 7) is 0. The van der Waals surface area contributed by atoms with Crippen LogP contribution in [0.5, 0.6) is 0 Å². The van der Waals surface area contributed by atoms with Crippen LogP contribution in [0.3, 0.4) is 0 Å². The SMILES string of the molecule is NC(=O)c1cccc2c(=O)cc(C(=O)CCC3CCCCC3)oc12. The number of Topliss-reactive ketones (excluding diaryl/α,β-unsaturated/α-hetero) is 1. The van der Waals surface area contributed by atoms with Gasteiger partial charge in [0.25, 0.3) is 5.91 Å². The van der Waals surface area contributed by atoms with Gasteiger partial charge in [-0.1, -0.05) is 38.2 Å². The topological polar surface area (TPSA) is 90.4 Å². The highest BCUT2D eigenvalue weighted by atomic mass is 16.3. The number of carbonyl (C=O) groups excluding carboxylic acids is 2. The van der Waals surface area contributed by atoms with E-state index in [1.165, 1.54) is 44.2 Å².